The van der Waals surface area contributed by atoms with E-state index in [0.29, 0.717) is 13.2 Å². The number of methoxy groups -OCH3 is 1. The van der Waals surface area contributed by atoms with E-state index in [4.69, 9.17) is 14.2 Å². The smallest absolute Gasteiger partial charge is 0.175 e. The third-order valence-electron chi connectivity index (χ3n) is 4.07. The molecule has 0 bridgehead atoms. The monoisotopic (exact) mass is 441 g/mol. The van der Waals surface area contributed by atoms with Crippen LogP contribution in [0.3, 0.4) is 0 Å². The Labute approximate surface area is 174 Å². The van der Waals surface area contributed by atoms with Gasteiger partial charge in [-0.15, -0.1) is 0 Å². The van der Waals surface area contributed by atoms with E-state index in [9.17, 15) is 0 Å². The number of para-hydroxylation sites is 1. The fourth-order valence-corrected chi connectivity index (χ4v) is 3.29. The third kappa shape index (κ3) is 5.42. The molecule has 0 radical (unpaired) electrons. The molecule has 3 aromatic carbocycles. The van der Waals surface area contributed by atoms with Crippen LogP contribution in [0.2, 0.25) is 0 Å². The molecule has 0 aliphatic heterocycles. The molecule has 3 rings (SSSR count). The Morgan fingerprint density at radius 3 is 2.32 bits per heavy atom. The minimum atomic E-state index is 0.657. The van der Waals surface area contributed by atoms with Gasteiger partial charge in [-0.1, -0.05) is 25.1 Å². The van der Waals surface area contributed by atoms with Gasteiger partial charge in [-0.05, 0) is 76.4 Å². The van der Waals surface area contributed by atoms with Gasteiger partial charge in [0.05, 0.1) is 18.2 Å². The lowest BCUT2D eigenvalue weighted by Crippen LogP contribution is -2.03. The van der Waals surface area contributed by atoms with Gasteiger partial charge in [-0.25, -0.2) is 0 Å². The van der Waals surface area contributed by atoms with Crippen molar-refractivity contribution in [2.75, 3.05) is 19.0 Å². The molecule has 28 heavy (non-hydrogen) atoms. The number of rotatable bonds is 9. The Balaban J connectivity index is 1.63. The maximum Gasteiger partial charge on any atom is 0.175 e. The summed E-state index contributed by atoms with van der Waals surface area (Å²) in [6.45, 7) is 3.40. The van der Waals surface area contributed by atoms with E-state index in [1.165, 1.54) is 0 Å². The van der Waals surface area contributed by atoms with Crippen molar-refractivity contribution < 1.29 is 14.2 Å². The second-order valence-corrected chi connectivity index (χ2v) is 7.10. The standard InChI is InChI=1S/C23H24BrNO3/c1-3-13-27-23-21(24)14-17(15-22(23)26-2)16-25-18-9-11-20(12-10-18)28-19-7-5-4-6-8-19/h4-12,14-15,25H,3,13,16H2,1-2H3. The van der Waals surface area contributed by atoms with Gasteiger partial charge >= 0.3 is 0 Å². The average molecular weight is 442 g/mol. The Morgan fingerprint density at radius 1 is 0.929 bits per heavy atom. The zero-order valence-corrected chi connectivity index (χ0v) is 17.7. The summed E-state index contributed by atoms with van der Waals surface area (Å²) in [5, 5.41) is 3.42. The summed E-state index contributed by atoms with van der Waals surface area (Å²) in [5.41, 5.74) is 2.11. The summed E-state index contributed by atoms with van der Waals surface area (Å²) in [5.74, 6) is 3.10. The second-order valence-electron chi connectivity index (χ2n) is 6.25. The van der Waals surface area contributed by atoms with Gasteiger partial charge in [-0.3, -0.25) is 0 Å². The molecule has 3 aromatic rings. The van der Waals surface area contributed by atoms with Crippen molar-refractivity contribution in [1.82, 2.24) is 0 Å². The molecule has 0 aliphatic carbocycles. The van der Waals surface area contributed by atoms with Crippen LogP contribution in [-0.4, -0.2) is 13.7 Å². The molecule has 0 atom stereocenters. The molecular weight excluding hydrogens is 418 g/mol. The van der Waals surface area contributed by atoms with Crippen LogP contribution in [0.4, 0.5) is 5.69 Å². The van der Waals surface area contributed by atoms with Gasteiger partial charge in [-0.2, -0.15) is 0 Å². The molecule has 4 nitrogen and oxygen atoms in total. The average Bonchev–Trinajstić information content (AvgIpc) is 2.73. The lowest BCUT2D eigenvalue weighted by Gasteiger charge is -2.15. The van der Waals surface area contributed by atoms with Crippen molar-refractivity contribution in [3.63, 3.8) is 0 Å². The normalized spacial score (nSPS) is 10.4. The molecule has 5 heteroatoms. The van der Waals surface area contributed by atoms with Crippen molar-refractivity contribution in [1.29, 1.82) is 0 Å². The fourth-order valence-electron chi connectivity index (χ4n) is 2.69. The Bertz CT molecular complexity index is 882. The SMILES string of the molecule is CCCOc1c(Br)cc(CNc2ccc(Oc3ccccc3)cc2)cc1OC. The highest BCUT2D eigenvalue weighted by atomic mass is 79.9. The van der Waals surface area contributed by atoms with Crippen LogP contribution in [0, 0.1) is 0 Å². The van der Waals surface area contributed by atoms with E-state index in [0.717, 1.165) is 45.1 Å². The minimum Gasteiger partial charge on any atom is -0.493 e. The van der Waals surface area contributed by atoms with Crippen LogP contribution in [0.5, 0.6) is 23.0 Å². The van der Waals surface area contributed by atoms with Crippen LogP contribution < -0.4 is 19.5 Å². The quantitative estimate of drug-likeness (QED) is 0.403. The van der Waals surface area contributed by atoms with E-state index in [-0.39, 0.29) is 0 Å². The van der Waals surface area contributed by atoms with E-state index in [1.54, 1.807) is 7.11 Å². The number of hydrogen-bond acceptors (Lipinski definition) is 4. The first-order chi connectivity index (χ1) is 13.7. The van der Waals surface area contributed by atoms with Gasteiger partial charge in [0.2, 0.25) is 0 Å². The Hall–Kier alpha value is -2.66. The van der Waals surface area contributed by atoms with E-state index in [2.05, 4.69) is 28.2 Å². The molecule has 1 N–H and O–H groups in total. The summed E-state index contributed by atoms with van der Waals surface area (Å²) in [4.78, 5) is 0. The first-order valence-corrected chi connectivity index (χ1v) is 10.0. The number of anilines is 1. The molecule has 0 heterocycles. The molecule has 0 spiro atoms. The highest BCUT2D eigenvalue weighted by Crippen LogP contribution is 2.37. The minimum absolute atomic E-state index is 0.657. The molecule has 0 unspecified atom stereocenters. The van der Waals surface area contributed by atoms with Gasteiger partial charge < -0.3 is 19.5 Å². The Kier molecular flexibility index (Phi) is 7.20. The predicted octanol–water partition coefficient (Wildman–Crippen LogP) is 6.65. The van der Waals surface area contributed by atoms with Crippen LogP contribution in [-0.2, 0) is 6.54 Å². The summed E-state index contributed by atoms with van der Waals surface area (Å²) in [6.07, 6.45) is 0.947. The van der Waals surface area contributed by atoms with E-state index < -0.39 is 0 Å². The summed E-state index contributed by atoms with van der Waals surface area (Å²) >= 11 is 3.59. The van der Waals surface area contributed by atoms with Crippen LogP contribution in [0.25, 0.3) is 0 Å². The second kappa shape index (κ2) is 10.0. The maximum atomic E-state index is 5.82. The number of ether oxygens (including phenoxy) is 3. The number of halogens is 1. The molecule has 0 saturated carbocycles. The molecule has 0 aliphatic rings. The fraction of sp³-hybridized carbons (Fsp3) is 0.217. The molecule has 146 valence electrons. The predicted molar refractivity (Wildman–Crippen MR) is 117 cm³/mol. The van der Waals surface area contributed by atoms with Crippen molar-refractivity contribution in [2.45, 2.75) is 19.9 Å². The van der Waals surface area contributed by atoms with E-state index >= 15 is 0 Å². The maximum absolute atomic E-state index is 5.82. The van der Waals surface area contributed by atoms with Crippen LogP contribution in [0.15, 0.2) is 71.2 Å². The summed E-state index contributed by atoms with van der Waals surface area (Å²) in [6, 6.07) is 21.7. The lowest BCUT2D eigenvalue weighted by molar-refractivity contribution is 0.292. The van der Waals surface area contributed by atoms with Gasteiger partial charge in [0.25, 0.3) is 0 Å². The molecule has 0 saturated heterocycles. The third-order valence-corrected chi connectivity index (χ3v) is 4.66. The molecule has 0 fully saturated rings. The summed E-state index contributed by atoms with van der Waals surface area (Å²) in [7, 11) is 1.66. The first-order valence-electron chi connectivity index (χ1n) is 9.25. The largest absolute Gasteiger partial charge is 0.493 e. The molecular formula is C23H24BrNO3. The van der Waals surface area contributed by atoms with Crippen LogP contribution >= 0.6 is 15.9 Å². The molecule has 0 amide bonds. The number of hydrogen-bond donors (Lipinski definition) is 1. The van der Waals surface area contributed by atoms with Gasteiger partial charge in [0.15, 0.2) is 11.5 Å². The van der Waals surface area contributed by atoms with Crippen molar-refractivity contribution in [3.05, 3.63) is 76.8 Å². The van der Waals surface area contributed by atoms with Gasteiger partial charge in [0, 0.05) is 12.2 Å². The number of nitrogens with one attached hydrogen (secondary N) is 1. The zero-order valence-electron chi connectivity index (χ0n) is 16.1. The van der Waals surface area contributed by atoms with Crippen molar-refractivity contribution >= 4 is 21.6 Å². The first kappa shape index (κ1) is 20.1. The highest BCUT2D eigenvalue weighted by Gasteiger charge is 2.11. The topological polar surface area (TPSA) is 39.7 Å². The van der Waals surface area contributed by atoms with Gasteiger partial charge in [0.1, 0.15) is 11.5 Å². The van der Waals surface area contributed by atoms with Crippen molar-refractivity contribution in [3.8, 4) is 23.0 Å². The Morgan fingerprint density at radius 2 is 1.64 bits per heavy atom. The lowest BCUT2D eigenvalue weighted by atomic mass is 10.2. The number of benzene rings is 3. The van der Waals surface area contributed by atoms with Crippen molar-refractivity contribution in [2.24, 2.45) is 0 Å². The van der Waals surface area contributed by atoms with Crippen LogP contribution in [0.1, 0.15) is 18.9 Å². The summed E-state index contributed by atoms with van der Waals surface area (Å²) < 4.78 is 18.0. The highest BCUT2D eigenvalue weighted by molar-refractivity contribution is 9.10. The van der Waals surface area contributed by atoms with E-state index in [1.807, 2.05) is 66.7 Å². The zero-order chi connectivity index (χ0) is 19.8. The molecule has 0 aromatic heterocycles.